The molecule has 1 amide bonds. The molecule has 158 valence electrons. The van der Waals surface area contributed by atoms with Crippen LogP contribution in [0.25, 0.3) is 0 Å². The lowest BCUT2D eigenvalue weighted by molar-refractivity contribution is 0.0631. The third-order valence-corrected chi connectivity index (χ3v) is 6.63. The van der Waals surface area contributed by atoms with Crippen molar-refractivity contribution in [3.8, 4) is 0 Å². The fourth-order valence-corrected chi connectivity index (χ4v) is 4.69. The van der Waals surface area contributed by atoms with Gasteiger partial charge in [0.05, 0.1) is 4.90 Å². The first kappa shape index (κ1) is 22.8. The number of nitrogens with zero attached hydrogens (tertiary/aromatic N) is 2. The first-order chi connectivity index (χ1) is 12.9. The van der Waals surface area contributed by atoms with Gasteiger partial charge in [0.2, 0.25) is 10.0 Å². The zero-order valence-corrected chi connectivity index (χ0v) is 18.9. The number of hydrogen-bond acceptors (Lipinski definition) is 4. The average molecular weight is 410 g/mol. The smallest absolute Gasteiger partial charge is 0.254 e. The molecule has 1 aliphatic heterocycles. The van der Waals surface area contributed by atoms with Gasteiger partial charge in [-0.1, -0.05) is 19.9 Å². The lowest BCUT2D eigenvalue weighted by Gasteiger charge is -2.35. The average Bonchev–Trinajstić information content (AvgIpc) is 2.58. The number of amides is 1. The molecule has 1 aromatic carbocycles. The summed E-state index contributed by atoms with van der Waals surface area (Å²) < 4.78 is 27.9. The van der Waals surface area contributed by atoms with Crippen molar-refractivity contribution in [3.05, 3.63) is 29.3 Å². The zero-order chi connectivity index (χ0) is 21.1. The van der Waals surface area contributed by atoms with Gasteiger partial charge in [-0.25, -0.2) is 13.1 Å². The minimum Gasteiger partial charge on any atom is -0.336 e. The maximum Gasteiger partial charge on any atom is 0.254 e. The van der Waals surface area contributed by atoms with Crippen molar-refractivity contribution in [3.63, 3.8) is 0 Å². The number of benzene rings is 1. The Hall–Kier alpha value is -1.44. The summed E-state index contributed by atoms with van der Waals surface area (Å²) in [4.78, 5) is 17.4. The van der Waals surface area contributed by atoms with Crippen LogP contribution < -0.4 is 4.72 Å². The molecular formula is C21H35N3O3S. The molecule has 1 saturated heterocycles. The SMILES string of the molecule is Cc1ccc(S(=O)(=O)NC(C)(C)C)cc1C(=O)N1CCN(CCC(C)C)CC1. The lowest BCUT2D eigenvalue weighted by Crippen LogP contribution is -2.49. The Balaban J connectivity index is 2.12. The van der Waals surface area contributed by atoms with Gasteiger partial charge in [-0.2, -0.15) is 0 Å². The zero-order valence-electron chi connectivity index (χ0n) is 18.1. The number of sulfonamides is 1. The Morgan fingerprint density at radius 2 is 1.75 bits per heavy atom. The van der Waals surface area contributed by atoms with Crippen LogP contribution in [0.4, 0.5) is 0 Å². The van der Waals surface area contributed by atoms with Crippen molar-refractivity contribution >= 4 is 15.9 Å². The van der Waals surface area contributed by atoms with Gasteiger partial charge in [-0.3, -0.25) is 9.69 Å². The van der Waals surface area contributed by atoms with Crippen LogP contribution in [0, 0.1) is 12.8 Å². The van der Waals surface area contributed by atoms with Crippen LogP contribution in [-0.4, -0.2) is 62.4 Å². The monoisotopic (exact) mass is 409 g/mol. The second kappa shape index (κ2) is 8.93. The highest BCUT2D eigenvalue weighted by molar-refractivity contribution is 7.89. The standard InChI is InChI=1S/C21H35N3O3S/c1-16(2)9-10-23-11-13-24(14-12-23)20(25)19-15-18(8-7-17(19)3)28(26,27)22-21(4,5)6/h7-8,15-16,22H,9-14H2,1-6H3. The van der Waals surface area contributed by atoms with E-state index in [0.29, 0.717) is 24.6 Å². The van der Waals surface area contributed by atoms with Crippen molar-refractivity contribution in [1.82, 2.24) is 14.5 Å². The van der Waals surface area contributed by atoms with Crippen LogP contribution in [0.1, 0.15) is 57.0 Å². The van der Waals surface area contributed by atoms with Gasteiger partial charge in [0.25, 0.3) is 5.91 Å². The molecule has 1 aliphatic rings. The van der Waals surface area contributed by atoms with E-state index in [1.165, 1.54) is 6.07 Å². The van der Waals surface area contributed by atoms with Crippen LogP contribution in [0.5, 0.6) is 0 Å². The number of piperazine rings is 1. The Morgan fingerprint density at radius 3 is 2.29 bits per heavy atom. The molecule has 0 aliphatic carbocycles. The van der Waals surface area contributed by atoms with E-state index >= 15 is 0 Å². The van der Waals surface area contributed by atoms with E-state index in [1.807, 2.05) is 11.8 Å². The van der Waals surface area contributed by atoms with Gasteiger partial charge < -0.3 is 4.90 Å². The fraction of sp³-hybridized carbons (Fsp3) is 0.667. The molecule has 0 saturated carbocycles. The molecular weight excluding hydrogens is 374 g/mol. The summed E-state index contributed by atoms with van der Waals surface area (Å²) in [5.41, 5.74) is 0.676. The molecule has 0 unspecified atom stereocenters. The summed E-state index contributed by atoms with van der Waals surface area (Å²) in [5, 5.41) is 0. The molecule has 28 heavy (non-hydrogen) atoms. The summed E-state index contributed by atoms with van der Waals surface area (Å²) in [6, 6.07) is 4.78. The summed E-state index contributed by atoms with van der Waals surface area (Å²) in [7, 11) is -3.67. The molecule has 2 rings (SSSR count). The maximum atomic E-state index is 13.0. The van der Waals surface area contributed by atoms with Gasteiger partial charge in [0.1, 0.15) is 0 Å². The van der Waals surface area contributed by atoms with Crippen molar-refractivity contribution in [2.24, 2.45) is 5.92 Å². The highest BCUT2D eigenvalue weighted by Gasteiger charge is 2.26. The third kappa shape index (κ3) is 6.29. The van der Waals surface area contributed by atoms with Crippen LogP contribution >= 0.6 is 0 Å². The van der Waals surface area contributed by atoms with Crippen LogP contribution in [0.15, 0.2) is 23.1 Å². The van der Waals surface area contributed by atoms with E-state index in [2.05, 4.69) is 23.5 Å². The molecule has 1 heterocycles. The Kier molecular flexibility index (Phi) is 7.28. The number of aryl methyl sites for hydroxylation is 1. The molecule has 0 atom stereocenters. The van der Waals surface area contributed by atoms with E-state index in [4.69, 9.17) is 0 Å². The van der Waals surface area contributed by atoms with Gasteiger partial charge in [-0.15, -0.1) is 0 Å². The minimum atomic E-state index is -3.67. The van der Waals surface area contributed by atoms with E-state index in [1.54, 1.807) is 32.9 Å². The van der Waals surface area contributed by atoms with Crippen molar-refractivity contribution in [2.45, 2.75) is 58.4 Å². The first-order valence-electron chi connectivity index (χ1n) is 10.1. The van der Waals surface area contributed by atoms with Crippen LogP contribution in [0.2, 0.25) is 0 Å². The minimum absolute atomic E-state index is 0.0891. The van der Waals surface area contributed by atoms with E-state index in [9.17, 15) is 13.2 Å². The van der Waals surface area contributed by atoms with Crippen LogP contribution in [-0.2, 0) is 10.0 Å². The van der Waals surface area contributed by atoms with Crippen molar-refractivity contribution in [1.29, 1.82) is 0 Å². The van der Waals surface area contributed by atoms with Crippen molar-refractivity contribution in [2.75, 3.05) is 32.7 Å². The second-order valence-electron chi connectivity index (χ2n) is 9.15. The molecule has 6 nitrogen and oxygen atoms in total. The van der Waals surface area contributed by atoms with E-state index in [0.717, 1.165) is 31.6 Å². The summed E-state index contributed by atoms with van der Waals surface area (Å²) >= 11 is 0. The summed E-state index contributed by atoms with van der Waals surface area (Å²) in [6.07, 6.45) is 1.16. The second-order valence-corrected chi connectivity index (χ2v) is 10.8. The maximum absolute atomic E-state index is 13.0. The molecule has 0 aromatic heterocycles. The predicted octanol–water partition coefficient (Wildman–Crippen LogP) is 2.88. The van der Waals surface area contributed by atoms with E-state index in [-0.39, 0.29) is 10.8 Å². The fourth-order valence-electron chi connectivity index (χ4n) is 3.25. The van der Waals surface area contributed by atoms with Crippen molar-refractivity contribution < 1.29 is 13.2 Å². The normalized spacial score (nSPS) is 16.6. The summed E-state index contributed by atoms with van der Waals surface area (Å²) in [6.45, 7) is 15.8. The largest absolute Gasteiger partial charge is 0.336 e. The number of hydrogen-bond donors (Lipinski definition) is 1. The van der Waals surface area contributed by atoms with Gasteiger partial charge in [0, 0.05) is 37.3 Å². The number of rotatable bonds is 6. The number of nitrogens with one attached hydrogen (secondary N) is 1. The third-order valence-electron chi connectivity index (χ3n) is 4.87. The predicted molar refractivity (Wildman–Crippen MR) is 113 cm³/mol. The molecule has 0 spiro atoms. The molecule has 1 N–H and O–H groups in total. The molecule has 1 aromatic rings. The molecule has 0 bridgehead atoms. The molecule has 7 heteroatoms. The van der Waals surface area contributed by atoms with Crippen LogP contribution in [0.3, 0.4) is 0 Å². The highest BCUT2D eigenvalue weighted by atomic mass is 32.2. The summed E-state index contributed by atoms with van der Waals surface area (Å²) in [5.74, 6) is 0.586. The lowest BCUT2D eigenvalue weighted by atomic mass is 10.1. The Morgan fingerprint density at radius 1 is 1.14 bits per heavy atom. The highest BCUT2D eigenvalue weighted by Crippen LogP contribution is 2.20. The van der Waals surface area contributed by atoms with Gasteiger partial charge >= 0.3 is 0 Å². The number of carbonyl (C=O) groups is 1. The Labute approximate surface area is 170 Å². The first-order valence-corrected chi connectivity index (χ1v) is 11.5. The Bertz CT molecular complexity index is 790. The quantitative estimate of drug-likeness (QED) is 0.784. The topological polar surface area (TPSA) is 69.7 Å². The number of carbonyl (C=O) groups excluding carboxylic acids is 1. The van der Waals surface area contributed by atoms with E-state index < -0.39 is 15.6 Å². The molecule has 0 radical (unpaired) electrons. The van der Waals surface area contributed by atoms with Gasteiger partial charge in [-0.05, 0) is 64.3 Å². The van der Waals surface area contributed by atoms with Gasteiger partial charge in [0.15, 0.2) is 0 Å². The molecule has 1 fully saturated rings.